The fourth-order valence-corrected chi connectivity index (χ4v) is 1.62. The molecule has 3 nitrogen and oxygen atoms in total. The third kappa shape index (κ3) is 1.46. The van der Waals surface area contributed by atoms with Gasteiger partial charge in [0.2, 0.25) is 5.78 Å². The summed E-state index contributed by atoms with van der Waals surface area (Å²) in [5.41, 5.74) is 2.47. The van der Waals surface area contributed by atoms with Crippen LogP contribution in [0.1, 0.15) is 21.5 Å². The van der Waals surface area contributed by atoms with E-state index < -0.39 is 5.97 Å². The Balaban J connectivity index is 2.48. The second-order valence-corrected chi connectivity index (χ2v) is 3.47. The average molecular weight is 202 g/mol. The first-order valence-electron chi connectivity index (χ1n) is 4.59. The molecule has 0 saturated carbocycles. The van der Waals surface area contributed by atoms with Crippen LogP contribution in [-0.2, 0) is 9.53 Å². The van der Waals surface area contributed by atoms with E-state index in [1.54, 1.807) is 12.1 Å². The van der Waals surface area contributed by atoms with Crippen molar-refractivity contribution in [3.05, 3.63) is 40.5 Å². The van der Waals surface area contributed by atoms with Gasteiger partial charge in [0.15, 0.2) is 0 Å². The molecular formula is C12H10O3. The smallest absolute Gasteiger partial charge is 0.341 e. The van der Waals surface area contributed by atoms with Crippen molar-refractivity contribution in [2.75, 3.05) is 7.11 Å². The first-order chi connectivity index (χ1) is 7.13. The van der Waals surface area contributed by atoms with Gasteiger partial charge in [-0.15, -0.1) is 0 Å². The highest BCUT2D eigenvalue weighted by Gasteiger charge is 2.27. The number of ether oxygens (including phenoxy) is 1. The Bertz CT molecular complexity index is 484. The second kappa shape index (κ2) is 3.35. The van der Waals surface area contributed by atoms with Crippen LogP contribution in [0.2, 0.25) is 0 Å². The molecule has 0 heterocycles. The number of benzene rings is 1. The molecular weight excluding hydrogens is 192 g/mol. The van der Waals surface area contributed by atoms with Crippen molar-refractivity contribution in [3.8, 4) is 0 Å². The maximum atomic E-state index is 11.8. The topological polar surface area (TPSA) is 43.4 Å². The summed E-state index contributed by atoms with van der Waals surface area (Å²) in [6.45, 7) is 1.91. The molecule has 0 fully saturated rings. The van der Waals surface area contributed by atoms with Crippen LogP contribution in [0, 0.1) is 6.92 Å². The molecule has 0 spiro atoms. The number of hydrogen-bond donors (Lipinski definition) is 0. The van der Waals surface area contributed by atoms with Crippen molar-refractivity contribution in [1.29, 1.82) is 0 Å². The van der Waals surface area contributed by atoms with Crippen molar-refractivity contribution < 1.29 is 14.3 Å². The van der Waals surface area contributed by atoms with E-state index in [-0.39, 0.29) is 11.4 Å². The van der Waals surface area contributed by atoms with Crippen LogP contribution in [0.3, 0.4) is 0 Å². The van der Waals surface area contributed by atoms with Gasteiger partial charge in [-0.2, -0.15) is 0 Å². The van der Waals surface area contributed by atoms with E-state index >= 15 is 0 Å². The highest BCUT2D eigenvalue weighted by atomic mass is 16.5. The third-order valence-electron chi connectivity index (χ3n) is 2.40. The summed E-state index contributed by atoms with van der Waals surface area (Å²) in [5.74, 6) is -0.825. The summed E-state index contributed by atoms with van der Waals surface area (Å²) in [5, 5.41) is 0. The molecule has 1 aliphatic carbocycles. The highest BCUT2D eigenvalue weighted by Crippen LogP contribution is 2.26. The van der Waals surface area contributed by atoms with Crippen molar-refractivity contribution >= 4 is 17.8 Å². The molecule has 0 radical (unpaired) electrons. The van der Waals surface area contributed by atoms with E-state index in [9.17, 15) is 9.59 Å². The molecule has 0 saturated heterocycles. The van der Waals surface area contributed by atoms with Gasteiger partial charge in [0.25, 0.3) is 0 Å². The number of rotatable bonds is 1. The van der Waals surface area contributed by atoms with Crippen molar-refractivity contribution in [2.45, 2.75) is 6.92 Å². The number of carbonyl (C=O) groups excluding carboxylic acids is 2. The normalized spacial score (nSPS) is 13.5. The molecule has 1 aliphatic rings. The first-order valence-corrected chi connectivity index (χ1v) is 4.59. The molecule has 15 heavy (non-hydrogen) atoms. The Morgan fingerprint density at radius 2 is 2.07 bits per heavy atom. The molecule has 0 aromatic heterocycles. The maximum absolute atomic E-state index is 11.8. The number of aryl methyl sites for hydroxylation is 1. The van der Waals surface area contributed by atoms with Crippen LogP contribution in [0.15, 0.2) is 23.8 Å². The molecule has 0 aliphatic heterocycles. The summed E-state index contributed by atoms with van der Waals surface area (Å²) in [7, 11) is 1.27. The number of Topliss-reactive ketones (excluding diaryl/α,β-unsaturated/α-hetero) is 1. The molecule has 1 aromatic rings. The number of fused-ring (bicyclic) bond motifs is 1. The monoisotopic (exact) mass is 202 g/mol. The maximum Gasteiger partial charge on any atom is 0.341 e. The predicted molar refractivity (Wildman–Crippen MR) is 55.5 cm³/mol. The lowest BCUT2D eigenvalue weighted by molar-refractivity contribution is -0.135. The van der Waals surface area contributed by atoms with Gasteiger partial charge in [-0.05, 0) is 24.6 Å². The van der Waals surface area contributed by atoms with E-state index in [1.807, 2.05) is 19.1 Å². The Kier molecular flexibility index (Phi) is 2.15. The molecule has 0 bridgehead atoms. The van der Waals surface area contributed by atoms with Gasteiger partial charge in [0.05, 0.1) is 7.11 Å². The lowest BCUT2D eigenvalue weighted by Gasteiger charge is -1.99. The van der Waals surface area contributed by atoms with Gasteiger partial charge in [0, 0.05) is 5.56 Å². The summed E-state index contributed by atoms with van der Waals surface area (Å²) >= 11 is 0. The van der Waals surface area contributed by atoms with Crippen LogP contribution < -0.4 is 0 Å². The van der Waals surface area contributed by atoms with Crippen LogP contribution >= 0.6 is 0 Å². The standard InChI is InChI=1S/C12H10O3/c1-7-3-4-8-6-10(12(14)15-2)11(13)9(8)5-7/h3-6H,1-2H3. The SMILES string of the molecule is COC(=O)C1=Cc2ccc(C)cc2C1=O. The summed E-state index contributed by atoms with van der Waals surface area (Å²) < 4.78 is 4.54. The first kappa shape index (κ1) is 9.65. The summed E-state index contributed by atoms with van der Waals surface area (Å²) in [4.78, 5) is 23.0. The van der Waals surface area contributed by atoms with Gasteiger partial charge in [0.1, 0.15) is 5.57 Å². The minimum absolute atomic E-state index is 0.109. The Labute approximate surface area is 87.4 Å². The predicted octanol–water partition coefficient (Wildman–Crippen LogP) is 1.75. The van der Waals surface area contributed by atoms with E-state index in [0.29, 0.717) is 5.56 Å². The Hall–Kier alpha value is -1.90. The zero-order valence-corrected chi connectivity index (χ0v) is 8.53. The van der Waals surface area contributed by atoms with Crippen LogP contribution in [0.25, 0.3) is 6.08 Å². The molecule has 3 heteroatoms. The number of carbonyl (C=O) groups is 2. The Morgan fingerprint density at radius 3 is 2.73 bits per heavy atom. The zero-order valence-electron chi connectivity index (χ0n) is 8.53. The zero-order chi connectivity index (χ0) is 11.0. The minimum Gasteiger partial charge on any atom is -0.465 e. The van der Waals surface area contributed by atoms with E-state index in [1.165, 1.54) is 7.11 Å². The second-order valence-electron chi connectivity index (χ2n) is 3.47. The van der Waals surface area contributed by atoms with Gasteiger partial charge in [-0.3, -0.25) is 4.79 Å². The lowest BCUT2D eigenvalue weighted by Crippen LogP contribution is -2.11. The van der Waals surface area contributed by atoms with Crippen molar-refractivity contribution in [3.63, 3.8) is 0 Å². The number of ketones is 1. The van der Waals surface area contributed by atoms with E-state index in [2.05, 4.69) is 4.74 Å². The fraction of sp³-hybridized carbons (Fsp3) is 0.167. The molecule has 0 unspecified atom stereocenters. The molecule has 0 amide bonds. The molecule has 0 atom stereocenters. The molecule has 76 valence electrons. The molecule has 0 N–H and O–H groups in total. The van der Waals surface area contributed by atoms with E-state index in [0.717, 1.165) is 11.1 Å². The lowest BCUT2D eigenvalue weighted by atomic mass is 10.1. The fourth-order valence-electron chi connectivity index (χ4n) is 1.62. The van der Waals surface area contributed by atoms with Gasteiger partial charge >= 0.3 is 5.97 Å². The molecule has 2 rings (SSSR count). The minimum atomic E-state index is -0.575. The van der Waals surface area contributed by atoms with Gasteiger partial charge in [-0.1, -0.05) is 17.7 Å². The third-order valence-corrected chi connectivity index (χ3v) is 2.40. The summed E-state index contributed by atoms with van der Waals surface area (Å²) in [6.07, 6.45) is 1.57. The average Bonchev–Trinajstić information content (AvgIpc) is 2.55. The van der Waals surface area contributed by atoms with Gasteiger partial charge in [-0.25, -0.2) is 4.79 Å². The van der Waals surface area contributed by atoms with Crippen LogP contribution in [0.5, 0.6) is 0 Å². The largest absolute Gasteiger partial charge is 0.465 e. The van der Waals surface area contributed by atoms with Crippen LogP contribution in [0.4, 0.5) is 0 Å². The van der Waals surface area contributed by atoms with Gasteiger partial charge < -0.3 is 4.74 Å². The Morgan fingerprint density at radius 1 is 1.33 bits per heavy atom. The quantitative estimate of drug-likeness (QED) is 0.514. The van der Waals surface area contributed by atoms with Crippen LogP contribution in [-0.4, -0.2) is 18.9 Å². The van der Waals surface area contributed by atoms with E-state index in [4.69, 9.17) is 0 Å². The van der Waals surface area contributed by atoms with Crippen molar-refractivity contribution in [2.24, 2.45) is 0 Å². The number of esters is 1. The number of hydrogen-bond acceptors (Lipinski definition) is 3. The van der Waals surface area contributed by atoms with Crippen molar-refractivity contribution in [1.82, 2.24) is 0 Å². The highest BCUT2D eigenvalue weighted by molar-refractivity contribution is 6.31. The molecule has 1 aromatic carbocycles. The summed E-state index contributed by atoms with van der Waals surface area (Å²) in [6, 6.07) is 5.52. The number of methoxy groups -OCH3 is 1.